The maximum atomic E-state index is 11.3. The van der Waals surface area contributed by atoms with E-state index in [1.165, 1.54) is 0 Å². The number of benzene rings is 1. The maximum absolute atomic E-state index is 11.3. The molecule has 1 atom stereocenters. The summed E-state index contributed by atoms with van der Waals surface area (Å²) in [4.78, 5) is 18.9. The van der Waals surface area contributed by atoms with Crippen molar-refractivity contribution in [1.29, 1.82) is 0 Å². The van der Waals surface area contributed by atoms with Gasteiger partial charge in [-0.1, -0.05) is 29.8 Å². The second kappa shape index (κ2) is 7.85. The fourth-order valence-electron chi connectivity index (χ4n) is 2.41. The molecule has 0 radical (unpaired) electrons. The van der Waals surface area contributed by atoms with E-state index in [1.54, 1.807) is 55.0 Å². The van der Waals surface area contributed by atoms with Gasteiger partial charge in [-0.25, -0.2) is 4.79 Å². The Balaban J connectivity index is 1.70. The third kappa shape index (κ3) is 4.59. The van der Waals surface area contributed by atoms with Crippen molar-refractivity contribution in [2.45, 2.75) is 11.4 Å². The molecule has 0 aliphatic heterocycles. The number of carbonyl (C=O) groups is 1. The lowest BCUT2D eigenvalue weighted by molar-refractivity contribution is 0.0698. The average Bonchev–Trinajstić information content (AvgIpc) is 2.63. The zero-order valence-corrected chi connectivity index (χ0v) is 15.9. The molecule has 0 fully saturated rings. The summed E-state index contributed by atoms with van der Waals surface area (Å²) in [5.74, 6) is -0.979. The topological polar surface area (TPSA) is 74.6 Å². The number of aliphatic imine (C=N–C) groups is 1. The summed E-state index contributed by atoms with van der Waals surface area (Å²) < 4.78 is 0.868. The van der Waals surface area contributed by atoms with Crippen LogP contribution in [0.2, 0.25) is 0 Å². The Hall–Kier alpha value is -2.44. The molecule has 7 heteroatoms. The van der Waals surface area contributed by atoms with Gasteiger partial charge in [-0.3, -0.25) is 9.98 Å². The summed E-state index contributed by atoms with van der Waals surface area (Å²) in [5, 5.41) is 12.4. The Morgan fingerprint density at radius 1 is 1.38 bits per heavy atom. The molecule has 132 valence electrons. The highest BCUT2D eigenvalue weighted by molar-refractivity contribution is 9.10. The first-order chi connectivity index (χ1) is 12.5. The number of aromatic nitrogens is 1. The minimum atomic E-state index is -0.979. The number of hydrogen-bond acceptors (Lipinski definition) is 4. The molecule has 0 bridgehead atoms. The van der Waals surface area contributed by atoms with Crippen molar-refractivity contribution >= 4 is 45.4 Å². The zero-order valence-electron chi connectivity index (χ0n) is 13.6. The Kier molecular flexibility index (Phi) is 5.54. The SMILES string of the molecule is O=C(O)c1ccccc1NC1=CCC(Cl)(/N=C/c2cncc(Br)c2)C=C1. The van der Waals surface area contributed by atoms with Crippen molar-refractivity contribution in [2.24, 2.45) is 4.99 Å². The molecule has 1 aliphatic carbocycles. The summed E-state index contributed by atoms with van der Waals surface area (Å²) in [6.45, 7) is 0. The van der Waals surface area contributed by atoms with Gasteiger partial charge >= 0.3 is 5.97 Å². The lowest BCUT2D eigenvalue weighted by atomic mass is 10.1. The van der Waals surface area contributed by atoms with Crippen molar-refractivity contribution in [3.8, 4) is 0 Å². The van der Waals surface area contributed by atoms with E-state index in [0.29, 0.717) is 12.1 Å². The van der Waals surface area contributed by atoms with Crippen LogP contribution in [0.1, 0.15) is 22.3 Å². The van der Waals surface area contributed by atoms with Crippen LogP contribution in [-0.2, 0) is 0 Å². The summed E-state index contributed by atoms with van der Waals surface area (Å²) in [6, 6.07) is 8.65. The van der Waals surface area contributed by atoms with Crippen LogP contribution in [0.3, 0.4) is 0 Å². The second-order valence-corrected chi connectivity index (χ2v) is 7.26. The fraction of sp³-hybridized carbons (Fsp3) is 0.105. The second-order valence-electron chi connectivity index (χ2n) is 5.69. The first-order valence-corrected chi connectivity index (χ1v) is 8.96. The van der Waals surface area contributed by atoms with Crippen LogP contribution in [0.15, 0.2) is 76.1 Å². The number of carboxylic acids is 1. The number of rotatable bonds is 5. The van der Waals surface area contributed by atoms with Crippen molar-refractivity contribution < 1.29 is 9.90 Å². The molecule has 2 aromatic rings. The van der Waals surface area contributed by atoms with Gasteiger partial charge in [0.2, 0.25) is 0 Å². The van der Waals surface area contributed by atoms with Crippen LogP contribution in [0.25, 0.3) is 0 Å². The lowest BCUT2D eigenvalue weighted by Gasteiger charge is -2.22. The molecule has 26 heavy (non-hydrogen) atoms. The van der Waals surface area contributed by atoms with E-state index in [9.17, 15) is 9.90 Å². The van der Waals surface area contributed by atoms with Crippen molar-refractivity contribution in [1.82, 2.24) is 4.98 Å². The van der Waals surface area contributed by atoms with Gasteiger partial charge in [0.05, 0.1) is 11.3 Å². The predicted octanol–water partition coefficient (Wildman–Crippen LogP) is 4.85. The number of hydrogen-bond donors (Lipinski definition) is 2. The number of allylic oxidation sites excluding steroid dienone is 1. The van der Waals surface area contributed by atoms with E-state index in [2.05, 4.69) is 31.2 Å². The van der Waals surface area contributed by atoms with Crippen molar-refractivity contribution in [2.75, 3.05) is 5.32 Å². The number of aromatic carboxylic acids is 1. The molecular formula is C19H15BrClN3O2. The molecule has 5 nitrogen and oxygen atoms in total. The maximum Gasteiger partial charge on any atom is 0.337 e. The van der Waals surface area contributed by atoms with Gasteiger partial charge in [0, 0.05) is 40.8 Å². The van der Waals surface area contributed by atoms with Gasteiger partial charge in [0.25, 0.3) is 0 Å². The highest BCUT2D eigenvalue weighted by Gasteiger charge is 2.24. The van der Waals surface area contributed by atoms with Gasteiger partial charge in [0.1, 0.15) is 0 Å². The van der Waals surface area contributed by atoms with Crippen LogP contribution in [0.4, 0.5) is 5.69 Å². The number of pyridine rings is 1. The monoisotopic (exact) mass is 431 g/mol. The largest absolute Gasteiger partial charge is 0.478 e. The minimum Gasteiger partial charge on any atom is -0.478 e. The van der Waals surface area contributed by atoms with E-state index < -0.39 is 11.0 Å². The molecule has 1 aromatic heterocycles. The number of nitrogens with zero attached hydrogens (tertiary/aromatic N) is 2. The lowest BCUT2D eigenvalue weighted by Crippen LogP contribution is -2.18. The molecule has 0 saturated heterocycles. The highest BCUT2D eigenvalue weighted by Crippen LogP contribution is 2.30. The van der Waals surface area contributed by atoms with Crippen LogP contribution in [-0.4, -0.2) is 27.3 Å². The van der Waals surface area contributed by atoms with Crippen LogP contribution in [0, 0.1) is 0 Å². The number of anilines is 1. The first-order valence-electron chi connectivity index (χ1n) is 7.79. The molecule has 0 amide bonds. The molecule has 0 spiro atoms. The van der Waals surface area contributed by atoms with E-state index in [-0.39, 0.29) is 5.56 Å². The Morgan fingerprint density at radius 2 is 2.19 bits per heavy atom. The number of halogens is 2. The normalized spacial score (nSPS) is 19.4. The third-order valence-electron chi connectivity index (χ3n) is 3.72. The smallest absolute Gasteiger partial charge is 0.337 e. The quantitative estimate of drug-likeness (QED) is 0.402. The predicted molar refractivity (Wildman–Crippen MR) is 107 cm³/mol. The molecular weight excluding hydrogens is 418 g/mol. The van der Waals surface area contributed by atoms with Crippen LogP contribution >= 0.6 is 27.5 Å². The molecule has 1 aromatic carbocycles. The minimum absolute atomic E-state index is 0.213. The van der Waals surface area contributed by atoms with Crippen molar-refractivity contribution in [3.63, 3.8) is 0 Å². The van der Waals surface area contributed by atoms with E-state index in [1.807, 2.05) is 12.1 Å². The Morgan fingerprint density at radius 3 is 2.88 bits per heavy atom. The third-order valence-corrected chi connectivity index (χ3v) is 4.53. The highest BCUT2D eigenvalue weighted by atomic mass is 79.9. The summed E-state index contributed by atoms with van der Waals surface area (Å²) in [7, 11) is 0. The average molecular weight is 433 g/mol. The zero-order chi connectivity index (χ0) is 18.6. The van der Waals surface area contributed by atoms with E-state index >= 15 is 0 Å². The summed E-state index contributed by atoms with van der Waals surface area (Å²) >= 11 is 9.90. The van der Waals surface area contributed by atoms with Crippen LogP contribution < -0.4 is 5.32 Å². The van der Waals surface area contributed by atoms with Gasteiger partial charge in [0.15, 0.2) is 5.00 Å². The summed E-state index contributed by atoms with van der Waals surface area (Å²) in [5.41, 5.74) is 2.36. The molecule has 0 saturated carbocycles. The number of alkyl halides is 1. The molecule has 1 unspecified atom stereocenters. The van der Waals surface area contributed by atoms with Gasteiger partial charge in [-0.05, 0) is 46.3 Å². The molecule has 1 aliphatic rings. The Labute approximate surface area is 164 Å². The summed E-state index contributed by atoms with van der Waals surface area (Å²) in [6.07, 6.45) is 11.0. The standard InChI is InChI=1S/C19H15BrClN3O2/c20-14-9-13(10-22-12-14)11-23-19(21)7-5-15(6-8-19)24-17-4-2-1-3-16(17)18(25)26/h1-7,9-12,24H,8H2,(H,25,26)/b23-11+. The van der Waals surface area contributed by atoms with E-state index in [4.69, 9.17) is 11.6 Å². The van der Waals surface area contributed by atoms with Gasteiger partial charge < -0.3 is 10.4 Å². The van der Waals surface area contributed by atoms with Crippen molar-refractivity contribution in [3.05, 3.63) is 82.3 Å². The number of nitrogens with one attached hydrogen (secondary N) is 1. The molecule has 1 heterocycles. The fourth-order valence-corrected chi connectivity index (χ4v) is 2.98. The van der Waals surface area contributed by atoms with E-state index in [0.717, 1.165) is 15.7 Å². The van der Waals surface area contributed by atoms with Gasteiger partial charge in [-0.15, -0.1) is 0 Å². The molecule has 3 rings (SSSR count). The first kappa shape index (κ1) is 18.4. The molecule has 2 N–H and O–H groups in total. The van der Waals surface area contributed by atoms with Crippen LogP contribution in [0.5, 0.6) is 0 Å². The van der Waals surface area contributed by atoms with Gasteiger partial charge in [-0.2, -0.15) is 0 Å². The number of para-hydroxylation sites is 1. The number of carboxylic acid groups (broad SMARTS) is 1. The Bertz CT molecular complexity index is 927.